The molecule has 0 spiro atoms. The van der Waals surface area contributed by atoms with Crippen molar-refractivity contribution in [3.05, 3.63) is 21.3 Å². The van der Waals surface area contributed by atoms with Crippen LogP contribution in [0.2, 0.25) is 4.34 Å². The highest BCUT2D eigenvalue weighted by molar-refractivity contribution is 7.16. The molecule has 0 amide bonds. The van der Waals surface area contributed by atoms with E-state index in [-0.39, 0.29) is 6.04 Å². The number of methoxy groups -OCH3 is 1. The average Bonchev–Trinajstić information content (AvgIpc) is 2.48. The van der Waals surface area contributed by atoms with Crippen molar-refractivity contribution in [1.29, 1.82) is 0 Å². The van der Waals surface area contributed by atoms with Crippen molar-refractivity contribution in [1.82, 2.24) is 0 Å². The summed E-state index contributed by atoms with van der Waals surface area (Å²) in [7, 11) is 1.69. The molecule has 1 heterocycles. The highest BCUT2D eigenvalue weighted by Crippen LogP contribution is 2.22. The molecule has 13 heavy (non-hydrogen) atoms. The lowest BCUT2D eigenvalue weighted by Crippen LogP contribution is -2.23. The maximum absolute atomic E-state index is 5.88. The standard InChI is InChI=1S/C9H14ClNOS/c1-12-5-4-7(11)6-8-2-3-9(10)13-8/h2-3,7H,4-6,11H2,1H3. The third-order valence-electron chi connectivity index (χ3n) is 1.78. The van der Waals surface area contributed by atoms with Crippen molar-refractivity contribution >= 4 is 22.9 Å². The molecular weight excluding hydrogens is 206 g/mol. The van der Waals surface area contributed by atoms with E-state index in [1.165, 1.54) is 4.88 Å². The summed E-state index contributed by atoms with van der Waals surface area (Å²) in [6.45, 7) is 0.722. The lowest BCUT2D eigenvalue weighted by Gasteiger charge is -2.08. The Hall–Kier alpha value is -0.0900. The topological polar surface area (TPSA) is 35.2 Å². The molecule has 1 rings (SSSR count). The zero-order valence-electron chi connectivity index (χ0n) is 7.63. The molecule has 2 nitrogen and oxygen atoms in total. The molecule has 74 valence electrons. The third kappa shape index (κ3) is 4.09. The first-order valence-corrected chi connectivity index (χ1v) is 5.40. The molecule has 0 bridgehead atoms. The van der Waals surface area contributed by atoms with Crippen molar-refractivity contribution < 1.29 is 4.74 Å². The van der Waals surface area contributed by atoms with Gasteiger partial charge < -0.3 is 10.5 Å². The van der Waals surface area contributed by atoms with E-state index in [1.54, 1.807) is 18.4 Å². The van der Waals surface area contributed by atoms with Crippen molar-refractivity contribution in [3.63, 3.8) is 0 Å². The lowest BCUT2D eigenvalue weighted by atomic mass is 10.1. The molecule has 0 saturated heterocycles. The summed E-state index contributed by atoms with van der Waals surface area (Å²) < 4.78 is 5.78. The van der Waals surface area contributed by atoms with Crippen LogP contribution in [-0.4, -0.2) is 19.8 Å². The van der Waals surface area contributed by atoms with Crippen LogP contribution in [0, 0.1) is 0 Å². The number of thiophene rings is 1. The molecule has 0 saturated carbocycles. The first kappa shape index (κ1) is 11.0. The van der Waals surface area contributed by atoms with Gasteiger partial charge in [-0.3, -0.25) is 0 Å². The van der Waals surface area contributed by atoms with E-state index in [0.717, 1.165) is 23.8 Å². The Bertz CT molecular complexity index is 252. The SMILES string of the molecule is COCCC(N)Cc1ccc(Cl)s1. The van der Waals surface area contributed by atoms with Gasteiger partial charge in [0.25, 0.3) is 0 Å². The van der Waals surface area contributed by atoms with Gasteiger partial charge in [-0.1, -0.05) is 11.6 Å². The first-order valence-electron chi connectivity index (χ1n) is 4.21. The Kier molecular flexibility index (Phi) is 4.73. The molecule has 1 unspecified atom stereocenters. The zero-order chi connectivity index (χ0) is 9.68. The quantitative estimate of drug-likeness (QED) is 0.825. The Morgan fingerprint density at radius 1 is 1.62 bits per heavy atom. The van der Waals surface area contributed by atoms with Gasteiger partial charge in [0.2, 0.25) is 0 Å². The zero-order valence-corrected chi connectivity index (χ0v) is 9.20. The molecule has 0 fully saturated rings. The van der Waals surface area contributed by atoms with Crippen LogP contribution in [-0.2, 0) is 11.2 Å². The van der Waals surface area contributed by atoms with Crippen molar-refractivity contribution in [2.75, 3.05) is 13.7 Å². The summed E-state index contributed by atoms with van der Waals surface area (Å²) >= 11 is 7.40. The Morgan fingerprint density at radius 3 is 2.92 bits per heavy atom. The Labute approximate surface area is 87.7 Å². The van der Waals surface area contributed by atoms with Gasteiger partial charge in [-0.05, 0) is 25.0 Å². The number of hydrogen-bond acceptors (Lipinski definition) is 3. The minimum Gasteiger partial charge on any atom is -0.385 e. The predicted octanol–water partition coefficient (Wildman–Crippen LogP) is 2.31. The molecule has 2 N–H and O–H groups in total. The van der Waals surface area contributed by atoms with E-state index in [9.17, 15) is 0 Å². The van der Waals surface area contributed by atoms with E-state index < -0.39 is 0 Å². The van der Waals surface area contributed by atoms with Crippen LogP contribution in [0.3, 0.4) is 0 Å². The Morgan fingerprint density at radius 2 is 2.38 bits per heavy atom. The molecule has 1 atom stereocenters. The molecule has 1 aromatic rings. The van der Waals surface area contributed by atoms with Gasteiger partial charge in [0.1, 0.15) is 0 Å². The number of halogens is 1. The summed E-state index contributed by atoms with van der Waals surface area (Å²) in [5, 5.41) is 0. The summed E-state index contributed by atoms with van der Waals surface area (Å²) in [6, 6.07) is 4.11. The number of ether oxygens (including phenoxy) is 1. The predicted molar refractivity (Wildman–Crippen MR) is 57.5 cm³/mol. The molecule has 0 aliphatic carbocycles. The van der Waals surface area contributed by atoms with Gasteiger partial charge >= 0.3 is 0 Å². The second kappa shape index (κ2) is 5.60. The number of rotatable bonds is 5. The van der Waals surface area contributed by atoms with Gasteiger partial charge in [0.15, 0.2) is 0 Å². The van der Waals surface area contributed by atoms with Crippen LogP contribution in [0.25, 0.3) is 0 Å². The summed E-state index contributed by atoms with van der Waals surface area (Å²) in [5.74, 6) is 0. The summed E-state index contributed by atoms with van der Waals surface area (Å²) in [6.07, 6.45) is 1.78. The maximum Gasteiger partial charge on any atom is 0.0931 e. The smallest absolute Gasteiger partial charge is 0.0931 e. The van der Waals surface area contributed by atoms with E-state index in [1.807, 2.05) is 12.1 Å². The monoisotopic (exact) mass is 219 g/mol. The van der Waals surface area contributed by atoms with Gasteiger partial charge in [0, 0.05) is 24.6 Å². The highest BCUT2D eigenvalue weighted by Gasteiger charge is 2.05. The van der Waals surface area contributed by atoms with E-state index in [4.69, 9.17) is 22.1 Å². The molecule has 1 aromatic heterocycles. The fourth-order valence-electron chi connectivity index (χ4n) is 1.09. The van der Waals surface area contributed by atoms with Crippen LogP contribution in [0.5, 0.6) is 0 Å². The van der Waals surface area contributed by atoms with Crippen LogP contribution < -0.4 is 5.73 Å². The van der Waals surface area contributed by atoms with Gasteiger partial charge in [-0.25, -0.2) is 0 Å². The van der Waals surface area contributed by atoms with Crippen LogP contribution >= 0.6 is 22.9 Å². The maximum atomic E-state index is 5.88. The minimum absolute atomic E-state index is 0.176. The molecule has 4 heteroatoms. The van der Waals surface area contributed by atoms with Crippen LogP contribution in [0.1, 0.15) is 11.3 Å². The van der Waals surface area contributed by atoms with Gasteiger partial charge in [-0.15, -0.1) is 11.3 Å². The van der Waals surface area contributed by atoms with E-state index >= 15 is 0 Å². The molecule has 0 aliphatic rings. The van der Waals surface area contributed by atoms with Crippen molar-refractivity contribution in [2.24, 2.45) is 5.73 Å². The van der Waals surface area contributed by atoms with Crippen molar-refractivity contribution in [3.8, 4) is 0 Å². The second-order valence-electron chi connectivity index (χ2n) is 2.95. The third-order valence-corrected chi connectivity index (χ3v) is 3.04. The normalized spacial score (nSPS) is 13.2. The first-order chi connectivity index (χ1) is 6.22. The number of hydrogen-bond donors (Lipinski definition) is 1. The summed E-state index contributed by atoms with van der Waals surface area (Å²) in [4.78, 5) is 1.24. The highest BCUT2D eigenvalue weighted by atomic mass is 35.5. The lowest BCUT2D eigenvalue weighted by molar-refractivity contribution is 0.188. The summed E-state index contributed by atoms with van der Waals surface area (Å²) in [5.41, 5.74) is 5.88. The average molecular weight is 220 g/mol. The van der Waals surface area contributed by atoms with Gasteiger partial charge in [0.05, 0.1) is 4.34 Å². The van der Waals surface area contributed by atoms with Crippen LogP contribution in [0.15, 0.2) is 12.1 Å². The molecule has 0 aromatic carbocycles. The molecular formula is C9H14ClNOS. The second-order valence-corrected chi connectivity index (χ2v) is 4.75. The van der Waals surface area contributed by atoms with Crippen molar-refractivity contribution in [2.45, 2.75) is 18.9 Å². The Balaban J connectivity index is 2.31. The van der Waals surface area contributed by atoms with Crippen LogP contribution in [0.4, 0.5) is 0 Å². The van der Waals surface area contributed by atoms with Gasteiger partial charge in [-0.2, -0.15) is 0 Å². The minimum atomic E-state index is 0.176. The molecule has 0 radical (unpaired) electrons. The van der Waals surface area contributed by atoms with E-state index in [2.05, 4.69) is 0 Å². The van der Waals surface area contributed by atoms with E-state index in [0.29, 0.717) is 0 Å². The largest absolute Gasteiger partial charge is 0.385 e. The molecule has 0 aliphatic heterocycles. The number of nitrogens with two attached hydrogens (primary N) is 1. The fraction of sp³-hybridized carbons (Fsp3) is 0.556. The fourth-order valence-corrected chi connectivity index (χ4v) is 2.27.